The molecule has 0 spiro atoms. The molecule has 0 aromatic heterocycles. The van der Waals surface area contributed by atoms with E-state index in [-0.39, 0.29) is 5.69 Å². The second-order valence-electron chi connectivity index (χ2n) is 5.91. The van der Waals surface area contributed by atoms with Gasteiger partial charge in [0.2, 0.25) is 0 Å². The van der Waals surface area contributed by atoms with Crippen molar-refractivity contribution in [2.45, 2.75) is 33.9 Å². The third kappa shape index (κ3) is 5.60. The van der Waals surface area contributed by atoms with E-state index in [1.807, 2.05) is 13.0 Å². The van der Waals surface area contributed by atoms with Crippen molar-refractivity contribution in [3.8, 4) is 0 Å². The normalized spacial score (nSPS) is 11.2. The molecule has 0 bridgehead atoms. The molecular weight excluding hydrogens is 316 g/mol. The number of rotatable bonds is 6. The molecule has 2 aromatic rings. The Hall–Kier alpha value is -2.89. The van der Waals surface area contributed by atoms with Crippen LogP contribution in [0.1, 0.15) is 29.2 Å². The van der Waals surface area contributed by atoms with E-state index in [0.29, 0.717) is 19.0 Å². The van der Waals surface area contributed by atoms with Crippen LogP contribution in [0.3, 0.4) is 0 Å². The molecule has 2 N–H and O–H groups in total. The van der Waals surface area contributed by atoms with Crippen LogP contribution in [-0.2, 0) is 13.1 Å². The van der Waals surface area contributed by atoms with Crippen LogP contribution in [0.4, 0.5) is 5.69 Å². The number of nitrogens with one attached hydrogen (secondary N) is 2. The number of nitro benzene ring substituents is 1. The van der Waals surface area contributed by atoms with Crippen molar-refractivity contribution < 1.29 is 4.92 Å². The predicted octanol–water partition coefficient (Wildman–Crippen LogP) is 3.47. The minimum atomic E-state index is -0.392. The third-order valence-corrected chi connectivity index (χ3v) is 3.83. The van der Waals surface area contributed by atoms with Crippen molar-refractivity contribution in [1.29, 1.82) is 0 Å². The summed E-state index contributed by atoms with van der Waals surface area (Å²) in [4.78, 5) is 15.0. The fraction of sp³-hybridized carbons (Fsp3) is 0.316. The van der Waals surface area contributed by atoms with Gasteiger partial charge in [0.15, 0.2) is 5.96 Å². The first-order valence-corrected chi connectivity index (χ1v) is 8.31. The Labute approximate surface area is 148 Å². The molecule has 0 aliphatic rings. The summed E-state index contributed by atoms with van der Waals surface area (Å²) in [5.41, 5.74) is 4.58. The minimum absolute atomic E-state index is 0.0842. The first-order chi connectivity index (χ1) is 12.0. The molecule has 0 atom stereocenters. The Morgan fingerprint density at radius 1 is 1.16 bits per heavy atom. The molecule has 2 rings (SSSR count). The van der Waals surface area contributed by atoms with E-state index in [1.54, 1.807) is 12.1 Å². The monoisotopic (exact) mass is 340 g/mol. The van der Waals surface area contributed by atoms with Crippen LogP contribution in [0.15, 0.2) is 47.5 Å². The molecule has 0 amide bonds. The molecule has 6 heteroatoms. The number of benzene rings is 2. The summed E-state index contributed by atoms with van der Waals surface area (Å²) >= 11 is 0. The molecule has 0 unspecified atom stereocenters. The smallest absolute Gasteiger partial charge is 0.269 e. The second kappa shape index (κ2) is 8.82. The largest absolute Gasteiger partial charge is 0.357 e. The number of hydrogen-bond donors (Lipinski definition) is 2. The molecular formula is C19H24N4O2. The van der Waals surface area contributed by atoms with Crippen molar-refractivity contribution in [1.82, 2.24) is 10.6 Å². The van der Waals surface area contributed by atoms with E-state index >= 15 is 0 Å². The van der Waals surface area contributed by atoms with E-state index in [9.17, 15) is 10.1 Å². The Bertz CT molecular complexity index is 772. The van der Waals surface area contributed by atoms with Gasteiger partial charge in [-0.15, -0.1) is 0 Å². The highest BCUT2D eigenvalue weighted by atomic mass is 16.6. The quantitative estimate of drug-likeness (QED) is 0.365. The fourth-order valence-electron chi connectivity index (χ4n) is 2.50. The molecule has 0 aliphatic heterocycles. The van der Waals surface area contributed by atoms with Crippen molar-refractivity contribution in [3.05, 3.63) is 74.8 Å². The molecule has 0 fully saturated rings. The van der Waals surface area contributed by atoms with Gasteiger partial charge in [-0.2, -0.15) is 0 Å². The molecule has 25 heavy (non-hydrogen) atoms. The Morgan fingerprint density at radius 2 is 1.96 bits per heavy atom. The third-order valence-electron chi connectivity index (χ3n) is 3.83. The fourth-order valence-corrected chi connectivity index (χ4v) is 2.50. The molecule has 0 heterocycles. The van der Waals surface area contributed by atoms with Crippen LogP contribution >= 0.6 is 0 Å². The zero-order chi connectivity index (χ0) is 18.2. The van der Waals surface area contributed by atoms with Crippen molar-refractivity contribution in [2.24, 2.45) is 4.99 Å². The standard InChI is InChI=1S/C19H24N4O2/c1-4-20-19(22-13-17-9-8-14(2)10-15(17)3)21-12-16-6-5-7-18(11-16)23(24)25/h5-11H,4,12-13H2,1-3H3,(H2,20,21,22). The van der Waals surface area contributed by atoms with Crippen LogP contribution in [0.2, 0.25) is 0 Å². The summed E-state index contributed by atoms with van der Waals surface area (Å²) in [5, 5.41) is 17.4. The van der Waals surface area contributed by atoms with Gasteiger partial charge in [0.05, 0.1) is 11.5 Å². The number of aryl methyl sites for hydroxylation is 2. The van der Waals surface area contributed by atoms with Crippen LogP contribution < -0.4 is 10.6 Å². The summed E-state index contributed by atoms with van der Waals surface area (Å²) in [6.07, 6.45) is 0. The Kier molecular flexibility index (Phi) is 6.51. The topological polar surface area (TPSA) is 79.6 Å². The van der Waals surface area contributed by atoms with Crippen LogP contribution in [0, 0.1) is 24.0 Å². The summed E-state index contributed by atoms with van der Waals surface area (Å²) in [5.74, 6) is 0.689. The Morgan fingerprint density at radius 3 is 2.64 bits per heavy atom. The van der Waals surface area contributed by atoms with E-state index in [2.05, 4.69) is 47.7 Å². The Balaban J connectivity index is 2.05. The molecule has 6 nitrogen and oxygen atoms in total. The number of hydrogen-bond acceptors (Lipinski definition) is 3. The van der Waals surface area contributed by atoms with Crippen molar-refractivity contribution in [3.63, 3.8) is 0 Å². The van der Waals surface area contributed by atoms with Crippen molar-refractivity contribution in [2.75, 3.05) is 6.54 Å². The summed E-state index contributed by atoms with van der Waals surface area (Å²) < 4.78 is 0. The van der Waals surface area contributed by atoms with Crippen LogP contribution in [-0.4, -0.2) is 17.4 Å². The van der Waals surface area contributed by atoms with Gasteiger partial charge in [0, 0.05) is 25.2 Å². The molecule has 0 saturated carbocycles. The van der Waals surface area contributed by atoms with E-state index < -0.39 is 4.92 Å². The van der Waals surface area contributed by atoms with Crippen LogP contribution in [0.25, 0.3) is 0 Å². The highest BCUT2D eigenvalue weighted by Crippen LogP contribution is 2.14. The number of guanidine groups is 1. The minimum Gasteiger partial charge on any atom is -0.357 e. The van der Waals surface area contributed by atoms with Crippen LogP contribution in [0.5, 0.6) is 0 Å². The molecule has 0 saturated heterocycles. The maximum atomic E-state index is 10.9. The average molecular weight is 340 g/mol. The molecule has 132 valence electrons. The van der Waals surface area contributed by atoms with E-state index in [1.165, 1.54) is 22.8 Å². The lowest BCUT2D eigenvalue weighted by atomic mass is 10.1. The molecule has 0 aliphatic carbocycles. The zero-order valence-electron chi connectivity index (χ0n) is 14.9. The lowest BCUT2D eigenvalue weighted by molar-refractivity contribution is -0.384. The SMILES string of the molecule is CCNC(=NCc1cccc([N+](=O)[O-])c1)NCc1ccc(C)cc1C. The van der Waals surface area contributed by atoms with Gasteiger partial charge in [0.25, 0.3) is 5.69 Å². The highest BCUT2D eigenvalue weighted by Gasteiger charge is 2.06. The number of nitro groups is 1. The predicted molar refractivity (Wildman–Crippen MR) is 101 cm³/mol. The van der Waals surface area contributed by atoms with Gasteiger partial charge in [0.1, 0.15) is 0 Å². The summed E-state index contributed by atoms with van der Waals surface area (Å²) in [6.45, 7) is 7.97. The van der Waals surface area contributed by atoms with E-state index in [0.717, 1.165) is 12.1 Å². The van der Waals surface area contributed by atoms with Crippen molar-refractivity contribution >= 4 is 11.6 Å². The summed E-state index contributed by atoms with van der Waals surface area (Å²) in [6, 6.07) is 12.9. The first-order valence-electron chi connectivity index (χ1n) is 8.31. The maximum Gasteiger partial charge on any atom is 0.269 e. The molecule has 2 aromatic carbocycles. The van der Waals surface area contributed by atoms with Gasteiger partial charge in [-0.05, 0) is 37.5 Å². The highest BCUT2D eigenvalue weighted by molar-refractivity contribution is 5.79. The van der Waals surface area contributed by atoms with Gasteiger partial charge in [-0.3, -0.25) is 10.1 Å². The van der Waals surface area contributed by atoms with Gasteiger partial charge in [-0.25, -0.2) is 4.99 Å². The first kappa shape index (κ1) is 18.4. The second-order valence-corrected chi connectivity index (χ2v) is 5.91. The van der Waals surface area contributed by atoms with Gasteiger partial charge in [-0.1, -0.05) is 35.9 Å². The maximum absolute atomic E-state index is 10.9. The lowest BCUT2D eigenvalue weighted by Crippen LogP contribution is -2.36. The van der Waals surface area contributed by atoms with Gasteiger partial charge < -0.3 is 10.6 Å². The van der Waals surface area contributed by atoms with Gasteiger partial charge >= 0.3 is 0 Å². The average Bonchev–Trinajstić information content (AvgIpc) is 2.59. The number of nitrogens with zero attached hydrogens (tertiary/aromatic N) is 2. The zero-order valence-corrected chi connectivity index (χ0v) is 14.9. The number of non-ortho nitro benzene ring substituents is 1. The number of aliphatic imine (C=N–C) groups is 1. The lowest BCUT2D eigenvalue weighted by Gasteiger charge is -2.13. The summed E-state index contributed by atoms with van der Waals surface area (Å²) in [7, 11) is 0. The van der Waals surface area contributed by atoms with E-state index in [4.69, 9.17) is 0 Å². The molecule has 0 radical (unpaired) electrons.